The van der Waals surface area contributed by atoms with Crippen molar-refractivity contribution in [1.29, 1.82) is 0 Å². The first kappa shape index (κ1) is 11.0. The maximum atomic E-state index is 4.16. The van der Waals surface area contributed by atoms with Gasteiger partial charge in [-0.2, -0.15) is 5.10 Å². The van der Waals surface area contributed by atoms with Crippen molar-refractivity contribution in [2.24, 2.45) is 7.05 Å². The molecule has 0 saturated carbocycles. The molecule has 0 aliphatic heterocycles. The second kappa shape index (κ2) is 4.66. The van der Waals surface area contributed by atoms with E-state index < -0.39 is 0 Å². The average molecular weight is 240 g/mol. The van der Waals surface area contributed by atoms with Crippen LogP contribution in [0.1, 0.15) is 11.3 Å². The van der Waals surface area contributed by atoms with E-state index in [0.29, 0.717) is 0 Å². The molecule has 3 aromatic rings. The van der Waals surface area contributed by atoms with Crippen LogP contribution >= 0.6 is 0 Å². The molecule has 0 amide bonds. The minimum atomic E-state index is 0.831. The highest BCUT2D eigenvalue weighted by molar-refractivity contribution is 5.82. The minimum absolute atomic E-state index is 0.831. The number of nitrogens with one attached hydrogen (secondary N) is 2. The van der Waals surface area contributed by atoms with Crippen molar-refractivity contribution in [1.82, 2.24) is 20.1 Å². The van der Waals surface area contributed by atoms with E-state index >= 15 is 0 Å². The van der Waals surface area contributed by atoms with Crippen LogP contribution in [0.5, 0.6) is 0 Å². The fourth-order valence-corrected chi connectivity index (χ4v) is 2.20. The van der Waals surface area contributed by atoms with E-state index in [9.17, 15) is 0 Å². The summed E-state index contributed by atoms with van der Waals surface area (Å²) in [4.78, 5) is 3.23. The minimum Gasteiger partial charge on any atom is -0.361 e. The highest BCUT2D eigenvalue weighted by atomic mass is 15.3. The number of benzene rings is 1. The van der Waals surface area contributed by atoms with Crippen molar-refractivity contribution in [3.63, 3.8) is 0 Å². The standard InChI is InChI=1S/C14H16N4/c1-18-12(5-8-17-18)10-15-9-11-3-2-4-14-13(11)6-7-16-14/h2-8,15-16H,9-10H2,1H3. The number of aryl methyl sites for hydroxylation is 1. The molecule has 2 heterocycles. The highest BCUT2D eigenvalue weighted by Gasteiger charge is 2.02. The van der Waals surface area contributed by atoms with Crippen molar-refractivity contribution in [2.75, 3.05) is 0 Å². The Morgan fingerprint density at radius 3 is 3.00 bits per heavy atom. The Morgan fingerprint density at radius 2 is 2.17 bits per heavy atom. The van der Waals surface area contributed by atoms with Gasteiger partial charge in [-0.25, -0.2) is 0 Å². The zero-order valence-electron chi connectivity index (χ0n) is 10.4. The molecule has 0 aliphatic rings. The molecule has 1 aromatic carbocycles. The van der Waals surface area contributed by atoms with Gasteiger partial charge in [0, 0.05) is 43.4 Å². The third-order valence-electron chi connectivity index (χ3n) is 3.23. The Labute approximate surface area is 106 Å². The second-order valence-corrected chi connectivity index (χ2v) is 4.41. The van der Waals surface area contributed by atoms with Crippen LogP contribution in [0.3, 0.4) is 0 Å². The zero-order chi connectivity index (χ0) is 12.4. The molecule has 2 N–H and O–H groups in total. The predicted octanol–water partition coefficient (Wildman–Crippen LogP) is 2.19. The molecule has 92 valence electrons. The number of aromatic nitrogens is 3. The number of fused-ring (bicyclic) bond motifs is 1. The summed E-state index contributed by atoms with van der Waals surface area (Å²) < 4.78 is 1.89. The molecule has 18 heavy (non-hydrogen) atoms. The molecule has 0 saturated heterocycles. The van der Waals surface area contributed by atoms with Gasteiger partial charge in [0.2, 0.25) is 0 Å². The normalized spacial score (nSPS) is 11.2. The summed E-state index contributed by atoms with van der Waals surface area (Å²) in [5, 5.41) is 8.89. The average Bonchev–Trinajstić information content (AvgIpc) is 2.99. The quantitative estimate of drug-likeness (QED) is 0.734. The number of rotatable bonds is 4. The van der Waals surface area contributed by atoms with Gasteiger partial charge in [-0.1, -0.05) is 12.1 Å². The maximum Gasteiger partial charge on any atom is 0.0518 e. The Bertz CT molecular complexity index is 650. The predicted molar refractivity (Wildman–Crippen MR) is 72.1 cm³/mol. The molecule has 0 aliphatic carbocycles. The molecule has 0 radical (unpaired) electrons. The molecule has 0 fully saturated rings. The summed E-state index contributed by atoms with van der Waals surface area (Å²) in [6, 6.07) is 10.5. The van der Waals surface area contributed by atoms with Crippen LogP contribution in [0.25, 0.3) is 10.9 Å². The third kappa shape index (κ3) is 2.02. The van der Waals surface area contributed by atoms with E-state index in [1.807, 2.05) is 30.2 Å². The maximum absolute atomic E-state index is 4.16. The van der Waals surface area contributed by atoms with Gasteiger partial charge < -0.3 is 10.3 Å². The Hall–Kier alpha value is -2.07. The Morgan fingerprint density at radius 1 is 1.22 bits per heavy atom. The first-order chi connectivity index (χ1) is 8.84. The van der Waals surface area contributed by atoms with Crippen molar-refractivity contribution in [2.45, 2.75) is 13.1 Å². The van der Waals surface area contributed by atoms with Crippen molar-refractivity contribution >= 4 is 10.9 Å². The van der Waals surface area contributed by atoms with E-state index in [-0.39, 0.29) is 0 Å². The summed E-state index contributed by atoms with van der Waals surface area (Å²) >= 11 is 0. The van der Waals surface area contributed by atoms with Crippen molar-refractivity contribution < 1.29 is 0 Å². The molecule has 4 nitrogen and oxygen atoms in total. The summed E-state index contributed by atoms with van der Waals surface area (Å²) in [7, 11) is 1.96. The monoisotopic (exact) mass is 240 g/mol. The first-order valence-electron chi connectivity index (χ1n) is 6.07. The summed E-state index contributed by atoms with van der Waals surface area (Å²) in [6.07, 6.45) is 3.80. The van der Waals surface area contributed by atoms with Crippen molar-refractivity contribution in [3.8, 4) is 0 Å². The topological polar surface area (TPSA) is 45.6 Å². The second-order valence-electron chi connectivity index (χ2n) is 4.41. The van der Waals surface area contributed by atoms with Gasteiger partial charge in [0.15, 0.2) is 0 Å². The van der Waals surface area contributed by atoms with Crippen LogP contribution < -0.4 is 5.32 Å². The summed E-state index contributed by atoms with van der Waals surface area (Å²) in [5.41, 5.74) is 3.70. The van der Waals surface area contributed by atoms with Gasteiger partial charge in [0.1, 0.15) is 0 Å². The van der Waals surface area contributed by atoms with Crippen LogP contribution in [-0.4, -0.2) is 14.8 Å². The molecule has 0 bridgehead atoms. The van der Waals surface area contributed by atoms with E-state index in [0.717, 1.165) is 13.1 Å². The lowest BCUT2D eigenvalue weighted by Crippen LogP contribution is -2.15. The molecule has 0 atom stereocenters. The van der Waals surface area contributed by atoms with Crippen LogP contribution in [0.4, 0.5) is 0 Å². The smallest absolute Gasteiger partial charge is 0.0518 e. The molecule has 0 spiro atoms. The van der Waals surface area contributed by atoms with Crippen LogP contribution in [-0.2, 0) is 20.1 Å². The van der Waals surface area contributed by atoms with Crippen LogP contribution in [0, 0.1) is 0 Å². The third-order valence-corrected chi connectivity index (χ3v) is 3.23. The van der Waals surface area contributed by atoms with Crippen molar-refractivity contribution in [3.05, 3.63) is 54.0 Å². The summed E-state index contributed by atoms with van der Waals surface area (Å²) in [6.45, 7) is 1.69. The lowest BCUT2D eigenvalue weighted by atomic mass is 10.1. The van der Waals surface area contributed by atoms with Gasteiger partial charge in [0.05, 0.1) is 5.69 Å². The number of H-pyrrole nitrogens is 1. The van der Waals surface area contributed by atoms with E-state index in [1.54, 1.807) is 0 Å². The molecular weight excluding hydrogens is 224 g/mol. The highest BCUT2D eigenvalue weighted by Crippen LogP contribution is 2.17. The fraction of sp³-hybridized carbons (Fsp3) is 0.214. The lowest BCUT2D eigenvalue weighted by Gasteiger charge is -2.06. The first-order valence-corrected chi connectivity index (χ1v) is 6.07. The van der Waals surface area contributed by atoms with Crippen LogP contribution in [0.2, 0.25) is 0 Å². The van der Waals surface area contributed by atoms with E-state index in [2.05, 4.69) is 39.7 Å². The van der Waals surface area contributed by atoms with E-state index in [4.69, 9.17) is 0 Å². The Balaban J connectivity index is 1.70. The number of hydrogen-bond acceptors (Lipinski definition) is 2. The zero-order valence-corrected chi connectivity index (χ0v) is 10.4. The lowest BCUT2D eigenvalue weighted by molar-refractivity contribution is 0.627. The molecule has 2 aromatic heterocycles. The summed E-state index contributed by atoms with van der Waals surface area (Å²) in [5.74, 6) is 0. The van der Waals surface area contributed by atoms with Gasteiger partial charge in [-0.05, 0) is 23.8 Å². The number of hydrogen-bond donors (Lipinski definition) is 2. The SMILES string of the molecule is Cn1nccc1CNCc1cccc2[nH]ccc12. The van der Waals surface area contributed by atoms with Crippen LogP contribution in [0.15, 0.2) is 42.7 Å². The fourth-order valence-electron chi connectivity index (χ4n) is 2.20. The largest absolute Gasteiger partial charge is 0.361 e. The molecule has 0 unspecified atom stereocenters. The molecular formula is C14H16N4. The van der Waals surface area contributed by atoms with Gasteiger partial charge in [-0.3, -0.25) is 4.68 Å². The van der Waals surface area contributed by atoms with E-state index in [1.165, 1.54) is 22.2 Å². The number of nitrogens with zero attached hydrogens (tertiary/aromatic N) is 2. The number of aromatic amines is 1. The van der Waals surface area contributed by atoms with Gasteiger partial charge in [0.25, 0.3) is 0 Å². The molecule has 4 heteroatoms. The van der Waals surface area contributed by atoms with Gasteiger partial charge in [-0.15, -0.1) is 0 Å². The molecule has 3 rings (SSSR count). The van der Waals surface area contributed by atoms with Gasteiger partial charge >= 0.3 is 0 Å². The Kier molecular flexibility index (Phi) is 2.86.